The lowest BCUT2D eigenvalue weighted by molar-refractivity contribution is 1.13. The van der Waals surface area contributed by atoms with Gasteiger partial charge in [-0.25, -0.2) is 9.97 Å². The predicted octanol–water partition coefficient (Wildman–Crippen LogP) is 6.38. The maximum absolute atomic E-state index is 5.96. The van der Waals surface area contributed by atoms with E-state index >= 15 is 0 Å². The van der Waals surface area contributed by atoms with Crippen molar-refractivity contribution in [3.05, 3.63) is 77.1 Å². The first kappa shape index (κ1) is 18.8. The monoisotopic (exact) mass is 405 g/mol. The molecule has 4 rings (SSSR count). The minimum atomic E-state index is 0.685. The van der Waals surface area contributed by atoms with Crippen molar-refractivity contribution in [2.75, 3.05) is 23.9 Å². The molecule has 0 spiro atoms. The van der Waals surface area contributed by atoms with Crippen molar-refractivity contribution in [1.82, 2.24) is 9.97 Å². The molecule has 0 aliphatic carbocycles. The zero-order chi connectivity index (χ0) is 19.3. The Morgan fingerprint density at radius 1 is 0.964 bits per heavy atom. The summed E-state index contributed by atoms with van der Waals surface area (Å²) in [7, 11) is 0. The molecule has 0 aliphatic heterocycles. The predicted molar refractivity (Wildman–Crippen MR) is 124 cm³/mol. The first-order valence-corrected chi connectivity index (χ1v) is 10.9. The number of halogens is 1. The number of rotatable bonds is 6. The van der Waals surface area contributed by atoms with E-state index in [-0.39, 0.29) is 0 Å². The molecule has 0 radical (unpaired) electrons. The molecule has 5 heteroatoms. The average Bonchev–Trinajstić information content (AvgIpc) is 2.72. The number of hydrogen-bond donors (Lipinski definition) is 1. The van der Waals surface area contributed by atoms with Crippen molar-refractivity contribution in [2.24, 2.45) is 0 Å². The van der Waals surface area contributed by atoms with Crippen LogP contribution in [0.5, 0.6) is 0 Å². The second-order valence-electron chi connectivity index (χ2n) is 6.45. The molecule has 28 heavy (non-hydrogen) atoms. The van der Waals surface area contributed by atoms with Gasteiger partial charge in [0.2, 0.25) is 0 Å². The number of aromatic nitrogens is 2. The molecule has 3 nitrogen and oxygen atoms in total. The zero-order valence-electron chi connectivity index (χ0n) is 15.5. The molecule has 140 valence electrons. The minimum Gasteiger partial charge on any atom is -0.369 e. The summed E-state index contributed by atoms with van der Waals surface area (Å²) in [5, 5.41) is 7.62. The normalized spacial score (nSPS) is 11.5. The lowest BCUT2D eigenvalue weighted by Crippen LogP contribution is -2.07. The van der Waals surface area contributed by atoms with E-state index in [0.717, 1.165) is 39.6 Å². The maximum Gasteiger partial charge on any atom is 0.154 e. The maximum atomic E-state index is 5.96. The Hall–Kier alpha value is -2.56. The van der Waals surface area contributed by atoms with Gasteiger partial charge in [0.05, 0.1) is 5.52 Å². The Morgan fingerprint density at radius 3 is 2.46 bits per heavy atom. The molecule has 0 aliphatic rings. The van der Waals surface area contributed by atoms with Gasteiger partial charge in [0, 0.05) is 22.7 Å². The van der Waals surface area contributed by atoms with Crippen LogP contribution in [0.25, 0.3) is 33.8 Å². The van der Waals surface area contributed by atoms with Gasteiger partial charge in [-0.2, -0.15) is 11.8 Å². The van der Waals surface area contributed by atoms with E-state index in [1.165, 1.54) is 10.8 Å². The second kappa shape index (κ2) is 8.63. The molecule has 0 saturated heterocycles. The van der Waals surface area contributed by atoms with Crippen LogP contribution in [-0.2, 0) is 0 Å². The Balaban J connectivity index is 1.77. The van der Waals surface area contributed by atoms with Gasteiger partial charge in [-0.3, -0.25) is 0 Å². The van der Waals surface area contributed by atoms with Gasteiger partial charge >= 0.3 is 0 Å². The molecule has 0 atom stereocenters. The highest BCUT2D eigenvalue weighted by Crippen LogP contribution is 2.27. The Kier molecular flexibility index (Phi) is 5.79. The summed E-state index contributed by atoms with van der Waals surface area (Å²) >= 11 is 7.78. The first-order valence-electron chi connectivity index (χ1n) is 9.10. The van der Waals surface area contributed by atoms with Crippen molar-refractivity contribution in [3.63, 3.8) is 0 Å². The minimum absolute atomic E-state index is 0.685. The largest absolute Gasteiger partial charge is 0.369 e. The molecular formula is C23H20ClN3S. The summed E-state index contributed by atoms with van der Waals surface area (Å²) in [6, 6.07) is 20.3. The van der Waals surface area contributed by atoms with Crippen molar-refractivity contribution in [1.29, 1.82) is 0 Å². The van der Waals surface area contributed by atoms with E-state index in [1.54, 1.807) is 0 Å². The van der Waals surface area contributed by atoms with Crippen LogP contribution in [0, 0.1) is 0 Å². The van der Waals surface area contributed by atoms with E-state index in [4.69, 9.17) is 21.6 Å². The summed E-state index contributed by atoms with van der Waals surface area (Å²) in [6.07, 6.45) is 6.05. The number of nitrogens with zero attached hydrogens (tertiary/aromatic N) is 2. The van der Waals surface area contributed by atoms with Crippen LogP contribution in [0.4, 0.5) is 5.82 Å². The number of nitrogens with one attached hydrogen (secondary N) is 1. The number of hydrogen-bond acceptors (Lipinski definition) is 4. The van der Waals surface area contributed by atoms with E-state index < -0.39 is 0 Å². The smallest absolute Gasteiger partial charge is 0.154 e. The Labute approximate surface area is 173 Å². The average molecular weight is 406 g/mol. The summed E-state index contributed by atoms with van der Waals surface area (Å²) in [6.45, 7) is 0.862. The Morgan fingerprint density at radius 2 is 1.71 bits per heavy atom. The zero-order valence-corrected chi connectivity index (χ0v) is 17.1. The molecule has 1 aromatic heterocycles. The fraction of sp³-hybridized carbons (Fsp3) is 0.130. The molecule has 0 fully saturated rings. The molecule has 4 aromatic rings. The second-order valence-corrected chi connectivity index (χ2v) is 7.87. The fourth-order valence-electron chi connectivity index (χ4n) is 3.06. The molecular weight excluding hydrogens is 386 g/mol. The molecule has 0 amide bonds. The topological polar surface area (TPSA) is 37.8 Å². The van der Waals surface area contributed by atoms with Crippen molar-refractivity contribution >= 4 is 63.0 Å². The van der Waals surface area contributed by atoms with E-state index in [0.29, 0.717) is 5.82 Å². The molecule has 3 aromatic carbocycles. The summed E-state index contributed by atoms with van der Waals surface area (Å²) in [4.78, 5) is 9.55. The molecule has 0 saturated carbocycles. The van der Waals surface area contributed by atoms with Crippen LogP contribution in [0.3, 0.4) is 0 Å². The molecule has 0 unspecified atom stereocenters. The van der Waals surface area contributed by atoms with Gasteiger partial charge < -0.3 is 5.32 Å². The highest BCUT2D eigenvalue weighted by molar-refractivity contribution is 7.98. The van der Waals surface area contributed by atoms with Gasteiger partial charge in [0.15, 0.2) is 5.82 Å². The lowest BCUT2D eigenvalue weighted by Gasteiger charge is -2.10. The third-order valence-electron chi connectivity index (χ3n) is 4.47. The van der Waals surface area contributed by atoms with E-state index in [1.807, 2.05) is 54.2 Å². The third kappa shape index (κ3) is 4.29. The third-order valence-corrected chi connectivity index (χ3v) is 5.34. The van der Waals surface area contributed by atoms with Gasteiger partial charge in [-0.15, -0.1) is 0 Å². The van der Waals surface area contributed by atoms with Crippen LogP contribution < -0.4 is 5.32 Å². The van der Waals surface area contributed by atoms with Gasteiger partial charge in [0.1, 0.15) is 5.82 Å². The van der Waals surface area contributed by atoms with E-state index in [2.05, 4.69) is 41.9 Å². The van der Waals surface area contributed by atoms with Crippen LogP contribution in [-0.4, -0.2) is 28.5 Å². The molecule has 0 bridgehead atoms. The fourth-order valence-corrected chi connectivity index (χ4v) is 3.49. The lowest BCUT2D eigenvalue weighted by atomic mass is 10.1. The summed E-state index contributed by atoms with van der Waals surface area (Å²) in [5.74, 6) is 2.58. The SMILES string of the molecule is CSCCNc1nc(/C=C/c2ccc(Cl)cc2)nc2cc3ccccc3cc12. The van der Waals surface area contributed by atoms with Gasteiger partial charge in [0.25, 0.3) is 0 Å². The quantitative estimate of drug-likeness (QED) is 0.298. The van der Waals surface area contributed by atoms with E-state index in [9.17, 15) is 0 Å². The summed E-state index contributed by atoms with van der Waals surface area (Å²) in [5.41, 5.74) is 2.00. The number of thioether (sulfide) groups is 1. The van der Waals surface area contributed by atoms with Crippen molar-refractivity contribution in [3.8, 4) is 0 Å². The van der Waals surface area contributed by atoms with Crippen LogP contribution >= 0.6 is 23.4 Å². The molecule has 1 N–H and O–H groups in total. The first-order chi connectivity index (χ1) is 13.7. The van der Waals surface area contributed by atoms with Crippen LogP contribution in [0.15, 0.2) is 60.7 Å². The Bertz CT molecular complexity index is 1140. The number of benzene rings is 3. The molecule has 1 heterocycles. The van der Waals surface area contributed by atoms with Crippen molar-refractivity contribution < 1.29 is 0 Å². The highest BCUT2D eigenvalue weighted by atomic mass is 35.5. The summed E-state index contributed by atoms with van der Waals surface area (Å²) < 4.78 is 0. The van der Waals surface area contributed by atoms with Gasteiger partial charge in [-0.05, 0) is 52.9 Å². The number of anilines is 1. The van der Waals surface area contributed by atoms with Crippen LogP contribution in [0.2, 0.25) is 5.02 Å². The highest BCUT2D eigenvalue weighted by Gasteiger charge is 2.08. The van der Waals surface area contributed by atoms with Crippen molar-refractivity contribution in [2.45, 2.75) is 0 Å². The standard InChI is InChI=1S/C23H20ClN3S/c1-28-13-12-25-23-20-14-17-4-2-3-5-18(17)15-21(20)26-22(27-23)11-8-16-6-9-19(24)10-7-16/h2-11,14-15H,12-13H2,1H3,(H,25,26,27)/b11-8+. The van der Waals surface area contributed by atoms with Crippen LogP contribution in [0.1, 0.15) is 11.4 Å². The number of fused-ring (bicyclic) bond motifs is 2. The van der Waals surface area contributed by atoms with Gasteiger partial charge in [-0.1, -0.05) is 54.1 Å².